The van der Waals surface area contributed by atoms with Gasteiger partial charge in [0.2, 0.25) is 0 Å². The zero-order valence-corrected chi connectivity index (χ0v) is 13.8. The number of hydrogen-bond donors (Lipinski definition) is 0. The van der Waals surface area contributed by atoms with Gasteiger partial charge >= 0.3 is 0 Å². The van der Waals surface area contributed by atoms with Crippen LogP contribution >= 0.6 is 11.6 Å². The molecular weight excluding hydrogens is 302 g/mol. The molecule has 118 valence electrons. The van der Waals surface area contributed by atoms with Crippen LogP contribution in [-0.4, -0.2) is 30.5 Å². The lowest BCUT2D eigenvalue weighted by molar-refractivity contribution is 0.309. The molecule has 22 heavy (non-hydrogen) atoms. The Kier molecular flexibility index (Phi) is 5.44. The molecule has 5 nitrogen and oxygen atoms in total. The molecular formula is C16H20ClN3O2. The standard InChI is InChI=1S/C16H20ClN3O2/c1-4-5-10-22-13-8-6-12(7-9-13)20-16(21)15(17)14(11-18-20)19(2)3/h6-9,11H,4-5,10H2,1-3H3. The number of ether oxygens (including phenoxy) is 1. The molecule has 0 aliphatic rings. The van der Waals surface area contributed by atoms with Crippen LogP contribution in [-0.2, 0) is 0 Å². The van der Waals surface area contributed by atoms with E-state index in [2.05, 4.69) is 12.0 Å². The molecule has 0 unspecified atom stereocenters. The van der Waals surface area contributed by atoms with E-state index in [-0.39, 0.29) is 10.6 Å². The second-order valence-electron chi connectivity index (χ2n) is 5.15. The summed E-state index contributed by atoms with van der Waals surface area (Å²) in [6.45, 7) is 2.81. The quantitative estimate of drug-likeness (QED) is 0.767. The zero-order chi connectivity index (χ0) is 16.1. The Morgan fingerprint density at radius 3 is 2.55 bits per heavy atom. The molecule has 2 aromatic rings. The fourth-order valence-electron chi connectivity index (χ4n) is 1.94. The normalized spacial score (nSPS) is 10.5. The lowest BCUT2D eigenvalue weighted by Gasteiger charge is -2.14. The van der Waals surface area contributed by atoms with E-state index in [1.807, 2.05) is 26.2 Å². The minimum absolute atomic E-state index is 0.156. The number of unbranched alkanes of at least 4 members (excludes halogenated alkanes) is 1. The van der Waals surface area contributed by atoms with Gasteiger partial charge in [0.15, 0.2) is 0 Å². The molecule has 0 N–H and O–H groups in total. The molecule has 0 spiro atoms. The molecule has 0 bridgehead atoms. The maximum absolute atomic E-state index is 12.3. The Hall–Kier alpha value is -2.01. The van der Waals surface area contributed by atoms with Gasteiger partial charge in [0.05, 0.1) is 24.2 Å². The highest BCUT2D eigenvalue weighted by atomic mass is 35.5. The summed E-state index contributed by atoms with van der Waals surface area (Å²) in [4.78, 5) is 14.1. The van der Waals surface area contributed by atoms with Crippen LogP contribution in [0.15, 0.2) is 35.3 Å². The van der Waals surface area contributed by atoms with E-state index in [0.717, 1.165) is 18.6 Å². The van der Waals surface area contributed by atoms with Gasteiger partial charge in [-0.3, -0.25) is 4.79 Å². The van der Waals surface area contributed by atoms with Gasteiger partial charge in [-0.25, -0.2) is 0 Å². The summed E-state index contributed by atoms with van der Waals surface area (Å²) in [5.74, 6) is 0.779. The van der Waals surface area contributed by atoms with Crippen molar-refractivity contribution in [3.8, 4) is 11.4 Å². The lowest BCUT2D eigenvalue weighted by Crippen LogP contribution is -2.24. The minimum Gasteiger partial charge on any atom is -0.494 e. The number of anilines is 1. The highest BCUT2D eigenvalue weighted by molar-refractivity contribution is 6.33. The first-order valence-corrected chi connectivity index (χ1v) is 7.60. The predicted octanol–water partition coefficient (Wildman–Crippen LogP) is 3.13. The van der Waals surface area contributed by atoms with Crippen LogP contribution in [0.2, 0.25) is 5.02 Å². The highest BCUT2D eigenvalue weighted by Crippen LogP contribution is 2.20. The van der Waals surface area contributed by atoms with E-state index in [1.54, 1.807) is 23.2 Å². The molecule has 1 aromatic carbocycles. The van der Waals surface area contributed by atoms with Gasteiger partial charge in [0.25, 0.3) is 5.56 Å². The average Bonchev–Trinajstić information content (AvgIpc) is 2.51. The number of hydrogen-bond acceptors (Lipinski definition) is 4. The summed E-state index contributed by atoms with van der Waals surface area (Å²) in [6.07, 6.45) is 3.69. The summed E-state index contributed by atoms with van der Waals surface area (Å²) in [5, 5.41) is 4.33. The third-order valence-corrected chi connectivity index (χ3v) is 3.59. The van der Waals surface area contributed by atoms with Crippen LogP contribution in [0.1, 0.15) is 19.8 Å². The summed E-state index contributed by atoms with van der Waals surface area (Å²) >= 11 is 6.12. The maximum Gasteiger partial charge on any atom is 0.292 e. The van der Waals surface area contributed by atoms with E-state index in [0.29, 0.717) is 18.0 Å². The molecule has 0 amide bonds. The zero-order valence-electron chi connectivity index (χ0n) is 13.0. The van der Waals surface area contributed by atoms with Crippen molar-refractivity contribution in [2.75, 3.05) is 25.6 Å². The van der Waals surface area contributed by atoms with Crippen molar-refractivity contribution >= 4 is 17.3 Å². The molecule has 0 fully saturated rings. The Morgan fingerprint density at radius 2 is 1.95 bits per heavy atom. The van der Waals surface area contributed by atoms with Crippen LogP contribution in [0.5, 0.6) is 5.75 Å². The summed E-state index contributed by atoms with van der Waals surface area (Å²) in [6, 6.07) is 7.24. The molecule has 0 aliphatic heterocycles. The predicted molar refractivity (Wildman–Crippen MR) is 89.6 cm³/mol. The maximum atomic E-state index is 12.3. The third kappa shape index (κ3) is 3.60. The number of benzene rings is 1. The molecule has 0 atom stereocenters. The van der Waals surface area contributed by atoms with Crippen molar-refractivity contribution in [3.63, 3.8) is 0 Å². The number of rotatable bonds is 6. The van der Waals surface area contributed by atoms with Crippen molar-refractivity contribution < 1.29 is 4.74 Å². The minimum atomic E-state index is -0.340. The van der Waals surface area contributed by atoms with Crippen molar-refractivity contribution in [2.45, 2.75) is 19.8 Å². The molecule has 6 heteroatoms. The summed E-state index contributed by atoms with van der Waals surface area (Å²) in [7, 11) is 3.63. The number of aromatic nitrogens is 2. The molecule has 2 rings (SSSR count). The summed E-state index contributed by atoms with van der Waals surface area (Å²) in [5.41, 5.74) is 0.912. The molecule has 0 saturated carbocycles. The van der Waals surface area contributed by atoms with Gasteiger partial charge in [-0.15, -0.1) is 0 Å². The van der Waals surface area contributed by atoms with E-state index in [1.165, 1.54) is 4.68 Å². The smallest absolute Gasteiger partial charge is 0.292 e. The Balaban J connectivity index is 2.25. The summed E-state index contributed by atoms with van der Waals surface area (Å²) < 4.78 is 6.88. The second kappa shape index (κ2) is 7.31. The molecule has 0 radical (unpaired) electrons. The van der Waals surface area contributed by atoms with Crippen LogP contribution in [0.4, 0.5) is 5.69 Å². The molecule has 0 saturated heterocycles. The van der Waals surface area contributed by atoms with Crippen molar-refractivity contribution in [1.29, 1.82) is 0 Å². The molecule has 1 heterocycles. The van der Waals surface area contributed by atoms with Gasteiger partial charge in [-0.2, -0.15) is 9.78 Å². The van der Waals surface area contributed by atoms with E-state index in [9.17, 15) is 4.79 Å². The second-order valence-corrected chi connectivity index (χ2v) is 5.53. The Morgan fingerprint density at radius 1 is 1.27 bits per heavy atom. The van der Waals surface area contributed by atoms with Crippen molar-refractivity contribution in [1.82, 2.24) is 9.78 Å². The first kappa shape index (κ1) is 16.4. The monoisotopic (exact) mass is 321 g/mol. The number of nitrogens with zero attached hydrogens (tertiary/aromatic N) is 3. The van der Waals surface area contributed by atoms with E-state index < -0.39 is 0 Å². The van der Waals surface area contributed by atoms with Crippen LogP contribution in [0.3, 0.4) is 0 Å². The van der Waals surface area contributed by atoms with Gasteiger partial charge in [0.1, 0.15) is 10.8 Å². The van der Waals surface area contributed by atoms with Crippen LogP contribution < -0.4 is 15.2 Å². The van der Waals surface area contributed by atoms with Gasteiger partial charge in [0, 0.05) is 14.1 Å². The van der Waals surface area contributed by atoms with E-state index >= 15 is 0 Å². The number of halogens is 1. The largest absolute Gasteiger partial charge is 0.494 e. The third-order valence-electron chi connectivity index (χ3n) is 3.23. The first-order valence-electron chi connectivity index (χ1n) is 7.23. The average molecular weight is 322 g/mol. The topological polar surface area (TPSA) is 47.4 Å². The van der Waals surface area contributed by atoms with Crippen molar-refractivity contribution in [2.24, 2.45) is 0 Å². The van der Waals surface area contributed by atoms with Gasteiger partial charge in [-0.05, 0) is 30.7 Å². The van der Waals surface area contributed by atoms with Crippen LogP contribution in [0.25, 0.3) is 5.69 Å². The fraction of sp³-hybridized carbons (Fsp3) is 0.375. The molecule has 0 aliphatic carbocycles. The Bertz CT molecular complexity index is 681. The highest BCUT2D eigenvalue weighted by Gasteiger charge is 2.11. The van der Waals surface area contributed by atoms with E-state index in [4.69, 9.17) is 16.3 Å². The SMILES string of the molecule is CCCCOc1ccc(-n2ncc(N(C)C)c(Cl)c2=O)cc1. The van der Waals surface area contributed by atoms with Gasteiger partial charge in [-0.1, -0.05) is 24.9 Å². The lowest BCUT2D eigenvalue weighted by atomic mass is 10.3. The Labute approximate surface area is 135 Å². The first-order chi connectivity index (χ1) is 10.5. The van der Waals surface area contributed by atoms with Gasteiger partial charge < -0.3 is 9.64 Å². The molecule has 1 aromatic heterocycles. The fourth-order valence-corrected chi connectivity index (χ4v) is 2.24. The van der Waals surface area contributed by atoms with Crippen molar-refractivity contribution in [3.05, 3.63) is 45.8 Å². The van der Waals surface area contributed by atoms with Crippen LogP contribution in [0, 0.1) is 0 Å².